The maximum absolute atomic E-state index is 13.6. The second-order valence-electron chi connectivity index (χ2n) is 10.4. The van der Waals surface area contributed by atoms with Crippen LogP contribution in [0.15, 0.2) is 0 Å². The van der Waals surface area contributed by atoms with Gasteiger partial charge in [-0.25, -0.2) is 0 Å². The molecule has 0 spiro atoms. The maximum Gasteiger partial charge on any atom is 0.266 e. The van der Waals surface area contributed by atoms with Gasteiger partial charge in [0.1, 0.15) is 11.5 Å². The molecule has 2 aliphatic rings. The standard InChI is InChI=1S/C23H35NO4/c1-13-14(2)18-16(15(3)17(13)25)9-10-23(8,28-18)20(27)24-11-21(4,5)19(26)22(6,7)12-24/h19,25-26H,9-12H2,1-8H3. The third-order valence-corrected chi connectivity index (χ3v) is 6.94. The zero-order valence-corrected chi connectivity index (χ0v) is 18.6. The first-order chi connectivity index (χ1) is 12.7. The lowest BCUT2D eigenvalue weighted by Gasteiger charge is -2.52. The summed E-state index contributed by atoms with van der Waals surface area (Å²) in [5.41, 5.74) is 1.84. The van der Waals surface area contributed by atoms with Crippen LogP contribution in [0.25, 0.3) is 0 Å². The first-order valence-corrected chi connectivity index (χ1v) is 10.2. The Morgan fingerprint density at radius 1 is 1.00 bits per heavy atom. The summed E-state index contributed by atoms with van der Waals surface area (Å²) in [6.07, 6.45) is 0.795. The summed E-state index contributed by atoms with van der Waals surface area (Å²) in [7, 11) is 0. The van der Waals surface area contributed by atoms with Crippen molar-refractivity contribution in [1.29, 1.82) is 0 Å². The molecule has 1 fully saturated rings. The van der Waals surface area contributed by atoms with Crippen molar-refractivity contribution < 1.29 is 19.7 Å². The first-order valence-electron chi connectivity index (χ1n) is 10.2. The third-order valence-electron chi connectivity index (χ3n) is 6.94. The minimum absolute atomic E-state index is 0.0195. The smallest absolute Gasteiger partial charge is 0.266 e. The minimum Gasteiger partial charge on any atom is -0.507 e. The van der Waals surface area contributed by atoms with E-state index in [2.05, 4.69) is 0 Å². The van der Waals surface area contributed by atoms with Crippen molar-refractivity contribution in [2.45, 2.75) is 79.9 Å². The average Bonchev–Trinajstić information content (AvgIpc) is 2.61. The Kier molecular flexibility index (Phi) is 4.78. The molecule has 3 rings (SSSR count). The summed E-state index contributed by atoms with van der Waals surface area (Å²) >= 11 is 0. The fourth-order valence-corrected chi connectivity index (χ4v) is 5.15. The van der Waals surface area contributed by atoms with Gasteiger partial charge in [-0.15, -0.1) is 0 Å². The zero-order chi connectivity index (χ0) is 21.2. The van der Waals surface area contributed by atoms with Crippen molar-refractivity contribution in [2.75, 3.05) is 13.1 Å². The molecule has 2 aliphatic heterocycles. The summed E-state index contributed by atoms with van der Waals surface area (Å²) in [6, 6.07) is 0. The molecule has 5 nitrogen and oxygen atoms in total. The number of aliphatic hydroxyl groups excluding tert-OH is 1. The molecule has 1 unspecified atom stereocenters. The normalized spacial score (nSPS) is 26.5. The van der Waals surface area contributed by atoms with E-state index in [1.165, 1.54) is 0 Å². The van der Waals surface area contributed by atoms with Gasteiger partial charge in [-0.1, -0.05) is 27.7 Å². The Labute approximate surface area is 168 Å². The van der Waals surface area contributed by atoms with Gasteiger partial charge in [-0.05, 0) is 50.8 Å². The molecule has 0 saturated carbocycles. The number of phenolic OH excluding ortho intramolecular Hbond substituents is 1. The van der Waals surface area contributed by atoms with Gasteiger partial charge in [0.25, 0.3) is 5.91 Å². The molecule has 1 aromatic carbocycles. The van der Waals surface area contributed by atoms with Gasteiger partial charge in [0, 0.05) is 35.9 Å². The lowest BCUT2D eigenvalue weighted by atomic mass is 9.68. The molecule has 1 atom stereocenters. The van der Waals surface area contributed by atoms with E-state index in [1.807, 2.05) is 60.3 Å². The van der Waals surface area contributed by atoms with Crippen molar-refractivity contribution in [3.8, 4) is 11.5 Å². The van der Waals surface area contributed by atoms with E-state index in [9.17, 15) is 15.0 Å². The number of phenols is 1. The molecule has 28 heavy (non-hydrogen) atoms. The molecule has 156 valence electrons. The number of rotatable bonds is 1. The number of ether oxygens (including phenoxy) is 1. The molecule has 2 heterocycles. The quantitative estimate of drug-likeness (QED) is 0.769. The van der Waals surface area contributed by atoms with Gasteiger partial charge < -0.3 is 19.8 Å². The van der Waals surface area contributed by atoms with Crippen molar-refractivity contribution in [1.82, 2.24) is 4.90 Å². The van der Waals surface area contributed by atoms with Crippen LogP contribution in [0.2, 0.25) is 0 Å². The molecule has 1 amide bonds. The SMILES string of the molecule is Cc1c(C)c2c(c(C)c1O)CCC(C)(C(=O)N1CC(C)(C)C(O)C(C)(C)C1)O2. The second-order valence-corrected chi connectivity index (χ2v) is 10.4. The number of likely N-dealkylation sites (tertiary alicyclic amines) is 1. The van der Waals surface area contributed by atoms with Crippen LogP contribution in [0.5, 0.6) is 11.5 Å². The lowest BCUT2D eigenvalue weighted by Crippen LogP contribution is -2.63. The Morgan fingerprint density at radius 2 is 1.54 bits per heavy atom. The number of benzene rings is 1. The van der Waals surface area contributed by atoms with E-state index in [0.29, 0.717) is 31.7 Å². The first kappa shape index (κ1) is 21.0. The van der Waals surface area contributed by atoms with Crippen LogP contribution in [0.1, 0.15) is 63.3 Å². The Balaban J connectivity index is 1.94. The summed E-state index contributed by atoms with van der Waals surface area (Å²) in [5.74, 6) is 1.04. The summed E-state index contributed by atoms with van der Waals surface area (Å²) in [5, 5.41) is 21.1. The molecule has 2 N–H and O–H groups in total. The number of hydrogen-bond acceptors (Lipinski definition) is 4. The molecule has 0 bridgehead atoms. The van der Waals surface area contributed by atoms with E-state index in [1.54, 1.807) is 0 Å². The largest absolute Gasteiger partial charge is 0.507 e. The number of carbonyl (C=O) groups is 1. The van der Waals surface area contributed by atoms with Gasteiger partial charge >= 0.3 is 0 Å². The van der Waals surface area contributed by atoms with Crippen LogP contribution in [0, 0.1) is 31.6 Å². The highest BCUT2D eigenvalue weighted by Crippen LogP contribution is 2.45. The van der Waals surface area contributed by atoms with Gasteiger partial charge in [-0.3, -0.25) is 4.79 Å². The fourth-order valence-electron chi connectivity index (χ4n) is 5.15. The van der Waals surface area contributed by atoms with Crippen LogP contribution in [-0.4, -0.2) is 45.8 Å². The second kappa shape index (κ2) is 6.38. The van der Waals surface area contributed by atoms with Crippen LogP contribution in [0.4, 0.5) is 0 Å². The zero-order valence-electron chi connectivity index (χ0n) is 18.6. The average molecular weight is 390 g/mol. The highest BCUT2D eigenvalue weighted by Gasteiger charge is 2.51. The summed E-state index contributed by atoms with van der Waals surface area (Å²) in [6.45, 7) is 16.7. The van der Waals surface area contributed by atoms with Crippen LogP contribution >= 0.6 is 0 Å². The predicted octanol–water partition coefficient (Wildman–Crippen LogP) is 3.66. The van der Waals surface area contributed by atoms with Crippen LogP contribution in [0.3, 0.4) is 0 Å². The fraction of sp³-hybridized carbons (Fsp3) is 0.696. The van der Waals surface area contributed by atoms with Crippen molar-refractivity contribution in [3.05, 3.63) is 22.3 Å². The number of piperidine rings is 1. The number of fused-ring (bicyclic) bond motifs is 1. The maximum atomic E-state index is 13.6. The molecule has 0 aromatic heterocycles. The molecule has 0 aliphatic carbocycles. The molecular formula is C23H35NO4. The Morgan fingerprint density at radius 3 is 2.07 bits per heavy atom. The van der Waals surface area contributed by atoms with Gasteiger partial charge in [0.2, 0.25) is 0 Å². The van der Waals surface area contributed by atoms with E-state index in [-0.39, 0.29) is 16.7 Å². The monoisotopic (exact) mass is 389 g/mol. The molecule has 5 heteroatoms. The number of amides is 1. The van der Waals surface area contributed by atoms with E-state index in [0.717, 1.165) is 28.0 Å². The Bertz CT molecular complexity index is 809. The lowest BCUT2D eigenvalue weighted by molar-refractivity contribution is -0.165. The van der Waals surface area contributed by atoms with E-state index < -0.39 is 11.7 Å². The van der Waals surface area contributed by atoms with Crippen molar-refractivity contribution in [2.24, 2.45) is 10.8 Å². The van der Waals surface area contributed by atoms with Gasteiger partial charge in [-0.2, -0.15) is 0 Å². The number of aliphatic hydroxyl groups is 1. The highest BCUT2D eigenvalue weighted by molar-refractivity contribution is 5.86. The number of hydrogen-bond donors (Lipinski definition) is 2. The molecule has 1 saturated heterocycles. The van der Waals surface area contributed by atoms with Crippen molar-refractivity contribution >= 4 is 5.91 Å². The Hall–Kier alpha value is -1.75. The molecule has 1 aromatic rings. The topological polar surface area (TPSA) is 70.0 Å². The number of nitrogens with zero attached hydrogens (tertiary/aromatic N) is 1. The third kappa shape index (κ3) is 3.08. The minimum atomic E-state index is -0.942. The van der Waals surface area contributed by atoms with Gasteiger partial charge in [0.15, 0.2) is 5.60 Å². The van der Waals surface area contributed by atoms with Crippen LogP contribution in [-0.2, 0) is 11.2 Å². The van der Waals surface area contributed by atoms with Gasteiger partial charge in [0.05, 0.1) is 6.10 Å². The number of carbonyl (C=O) groups excluding carboxylic acids is 1. The van der Waals surface area contributed by atoms with E-state index in [4.69, 9.17) is 4.74 Å². The molecular weight excluding hydrogens is 354 g/mol. The van der Waals surface area contributed by atoms with Crippen LogP contribution < -0.4 is 4.74 Å². The van der Waals surface area contributed by atoms with Crippen molar-refractivity contribution in [3.63, 3.8) is 0 Å². The predicted molar refractivity (Wildman–Crippen MR) is 110 cm³/mol. The number of aromatic hydroxyl groups is 1. The summed E-state index contributed by atoms with van der Waals surface area (Å²) < 4.78 is 6.38. The highest BCUT2D eigenvalue weighted by atomic mass is 16.5. The van der Waals surface area contributed by atoms with E-state index >= 15 is 0 Å². The molecule has 0 radical (unpaired) electrons. The summed E-state index contributed by atoms with van der Waals surface area (Å²) in [4.78, 5) is 15.5.